The van der Waals surface area contributed by atoms with Crippen LogP contribution in [0.4, 0.5) is 0 Å². The van der Waals surface area contributed by atoms with E-state index in [1.807, 2.05) is 6.20 Å². The first-order valence-electron chi connectivity index (χ1n) is 3.13. The number of hydrogen-bond acceptors (Lipinski definition) is 2. The summed E-state index contributed by atoms with van der Waals surface area (Å²) in [4.78, 5) is 1.35. The van der Waals surface area contributed by atoms with Crippen LogP contribution in [0.15, 0.2) is 6.20 Å². The van der Waals surface area contributed by atoms with Gasteiger partial charge in [-0.1, -0.05) is 13.8 Å². The molecule has 50 valence electrons. The van der Waals surface area contributed by atoms with E-state index in [4.69, 9.17) is 0 Å². The van der Waals surface area contributed by atoms with E-state index in [9.17, 15) is 0 Å². The first kappa shape index (κ1) is 6.75. The van der Waals surface area contributed by atoms with Gasteiger partial charge in [-0.3, -0.25) is 0 Å². The maximum Gasteiger partial charge on any atom is 0.0444 e. The van der Waals surface area contributed by atoms with Crippen molar-refractivity contribution in [3.63, 3.8) is 0 Å². The summed E-state index contributed by atoms with van der Waals surface area (Å²) < 4.78 is 4.08. The van der Waals surface area contributed by atoms with Crippen molar-refractivity contribution in [1.82, 2.24) is 4.37 Å². The number of aryl methyl sites for hydroxylation is 1. The zero-order chi connectivity index (χ0) is 6.85. The second-order valence-corrected chi connectivity index (χ2v) is 3.50. The van der Waals surface area contributed by atoms with Crippen molar-refractivity contribution < 1.29 is 0 Å². The van der Waals surface area contributed by atoms with E-state index in [0.717, 1.165) is 0 Å². The molecule has 1 heterocycles. The Labute approximate surface area is 59.9 Å². The molecule has 0 saturated heterocycles. The van der Waals surface area contributed by atoms with Gasteiger partial charge in [-0.05, 0) is 29.9 Å². The van der Waals surface area contributed by atoms with Crippen LogP contribution in [0.25, 0.3) is 0 Å². The first-order valence-corrected chi connectivity index (χ1v) is 3.90. The van der Waals surface area contributed by atoms with E-state index in [2.05, 4.69) is 25.1 Å². The molecule has 1 nitrogen and oxygen atoms in total. The minimum absolute atomic E-state index is 0.628. The lowest BCUT2D eigenvalue weighted by molar-refractivity contribution is 0.861. The summed E-state index contributed by atoms with van der Waals surface area (Å²) in [7, 11) is 0. The summed E-state index contributed by atoms with van der Waals surface area (Å²) in [5.74, 6) is 0.628. The number of nitrogens with zero attached hydrogens (tertiary/aromatic N) is 1. The predicted octanol–water partition coefficient (Wildman–Crippen LogP) is 2.57. The fourth-order valence-electron chi connectivity index (χ4n) is 0.861. The Bertz CT molecular complexity index is 191. The van der Waals surface area contributed by atoms with Gasteiger partial charge in [0, 0.05) is 11.1 Å². The highest BCUT2D eigenvalue weighted by Gasteiger charge is 2.03. The van der Waals surface area contributed by atoms with E-state index >= 15 is 0 Å². The van der Waals surface area contributed by atoms with Gasteiger partial charge < -0.3 is 0 Å². The Morgan fingerprint density at radius 1 is 1.56 bits per heavy atom. The van der Waals surface area contributed by atoms with Crippen LogP contribution in [-0.2, 0) is 0 Å². The Morgan fingerprint density at radius 3 is 2.44 bits per heavy atom. The lowest BCUT2D eigenvalue weighted by atomic mass is 10.1. The van der Waals surface area contributed by atoms with Crippen molar-refractivity contribution in [1.29, 1.82) is 0 Å². The lowest BCUT2D eigenvalue weighted by Crippen LogP contribution is -1.84. The molecule has 1 aromatic rings. The topological polar surface area (TPSA) is 12.9 Å². The molecule has 0 bridgehead atoms. The van der Waals surface area contributed by atoms with E-state index in [-0.39, 0.29) is 0 Å². The Kier molecular flexibility index (Phi) is 1.86. The van der Waals surface area contributed by atoms with Crippen LogP contribution in [0.5, 0.6) is 0 Å². The molecule has 0 aliphatic heterocycles. The minimum atomic E-state index is 0.628. The monoisotopic (exact) mass is 141 g/mol. The largest absolute Gasteiger partial charge is 0.201 e. The molecule has 0 unspecified atom stereocenters. The number of hydrogen-bond donors (Lipinski definition) is 0. The Morgan fingerprint density at radius 2 is 2.22 bits per heavy atom. The Balaban J connectivity index is 2.94. The van der Waals surface area contributed by atoms with Gasteiger partial charge in [0.1, 0.15) is 0 Å². The van der Waals surface area contributed by atoms with Gasteiger partial charge in [-0.25, -0.2) is 4.37 Å². The maximum absolute atomic E-state index is 4.08. The van der Waals surface area contributed by atoms with Crippen molar-refractivity contribution in [3.8, 4) is 0 Å². The van der Waals surface area contributed by atoms with Crippen LogP contribution in [0.2, 0.25) is 0 Å². The van der Waals surface area contributed by atoms with E-state index in [1.165, 1.54) is 10.4 Å². The summed E-state index contributed by atoms with van der Waals surface area (Å²) in [6.07, 6.45) is 1.96. The van der Waals surface area contributed by atoms with Gasteiger partial charge in [-0.2, -0.15) is 0 Å². The van der Waals surface area contributed by atoms with Crippen molar-refractivity contribution in [3.05, 3.63) is 16.6 Å². The average Bonchev–Trinajstić information content (AvgIpc) is 2.13. The zero-order valence-electron chi connectivity index (χ0n) is 6.01. The second kappa shape index (κ2) is 2.48. The Hall–Kier alpha value is -0.370. The van der Waals surface area contributed by atoms with Gasteiger partial charge >= 0.3 is 0 Å². The molecule has 2 heteroatoms. The molecule has 0 aliphatic rings. The summed E-state index contributed by atoms with van der Waals surface area (Å²) >= 11 is 1.58. The summed E-state index contributed by atoms with van der Waals surface area (Å²) in [6, 6.07) is 0. The molecule has 0 aromatic carbocycles. The first-order chi connectivity index (χ1) is 4.22. The van der Waals surface area contributed by atoms with Crippen LogP contribution in [0.1, 0.15) is 30.2 Å². The average molecular weight is 141 g/mol. The van der Waals surface area contributed by atoms with Crippen molar-refractivity contribution in [2.75, 3.05) is 0 Å². The molecule has 0 N–H and O–H groups in total. The number of aromatic nitrogens is 1. The predicted molar refractivity (Wildman–Crippen MR) is 40.9 cm³/mol. The molecule has 9 heavy (non-hydrogen) atoms. The SMILES string of the molecule is Cc1sncc1C(C)C. The molecule has 0 amide bonds. The zero-order valence-corrected chi connectivity index (χ0v) is 6.83. The standard InChI is InChI=1S/C7H11NS/c1-5(2)7-4-8-9-6(7)3/h4-5H,1-3H3. The fraction of sp³-hybridized carbons (Fsp3) is 0.571. The van der Waals surface area contributed by atoms with Crippen molar-refractivity contribution in [2.45, 2.75) is 26.7 Å². The van der Waals surface area contributed by atoms with Gasteiger partial charge in [-0.15, -0.1) is 0 Å². The molecule has 0 spiro atoms. The molecule has 1 rings (SSSR count). The fourth-order valence-corrected chi connectivity index (χ4v) is 1.58. The highest BCUT2D eigenvalue weighted by atomic mass is 32.1. The summed E-state index contributed by atoms with van der Waals surface area (Å²) in [6.45, 7) is 6.50. The van der Waals surface area contributed by atoms with Crippen LogP contribution >= 0.6 is 11.5 Å². The lowest BCUT2D eigenvalue weighted by Gasteiger charge is -1.99. The second-order valence-electron chi connectivity index (χ2n) is 2.49. The van der Waals surface area contributed by atoms with Crippen LogP contribution in [-0.4, -0.2) is 4.37 Å². The molecule has 1 aromatic heterocycles. The summed E-state index contributed by atoms with van der Waals surface area (Å²) in [5.41, 5.74) is 1.39. The smallest absolute Gasteiger partial charge is 0.0444 e. The van der Waals surface area contributed by atoms with Gasteiger partial charge in [0.25, 0.3) is 0 Å². The highest BCUT2D eigenvalue weighted by molar-refractivity contribution is 7.05. The molecule has 0 fully saturated rings. The number of rotatable bonds is 1. The molecule has 0 aliphatic carbocycles. The van der Waals surface area contributed by atoms with Gasteiger partial charge in [0.05, 0.1) is 0 Å². The maximum atomic E-state index is 4.08. The van der Waals surface area contributed by atoms with Crippen LogP contribution in [0, 0.1) is 6.92 Å². The van der Waals surface area contributed by atoms with Crippen LogP contribution in [0.3, 0.4) is 0 Å². The minimum Gasteiger partial charge on any atom is -0.201 e. The van der Waals surface area contributed by atoms with Gasteiger partial charge in [0.2, 0.25) is 0 Å². The molecule has 0 atom stereocenters. The van der Waals surface area contributed by atoms with E-state index in [0.29, 0.717) is 5.92 Å². The van der Waals surface area contributed by atoms with Crippen molar-refractivity contribution in [2.24, 2.45) is 0 Å². The molecule has 0 saturated carbocycles. The van der Waals surface area contributed by atoms with E-state index in [1.54, 1.807) is 11.5 Å². The summed E-state index contributed by atoms with van der Waals surface area (Å²) in [5, 5.41) is 0. The van der Waals surface area contributed by atoms with Crippen molar-refractivity contribution >= 4 is 11.5 Å². The van der Waals surface area contributed by atoms with Crippen LogP contribution < -0.4 is 0 Å². The third-order valence-corrected chi connectivity index (χ3v) is 2.13. The molecule has 0 radical (unpaired) electrons. The van der Waals surface area contributed by atoms with E-state index < -0.39 is 0 Å². The molecular weight excluding hydrogens is 130 g/mol. The normalized spacial score (nSPS) is 10.7. The third-order valence-electron chi connectivity index (χ3n) is 1.41. The quantitative estimate of drug-likeness (QED) is 0.585. The van der Waals surface area contributed by atoms with Gasteiger partial charge in [0.15, 0.2) is 0 Å². The highest BCUT2D eigenvalue weighted by Crippen LogP contribution is 2.20. The third kappa shape index (κ3) is 1.30. The molecular formula is C7H11NS.